The van der Waals surface area contributed by atoms with Crippen molar-refractivity contribution in [3.63, 3.8) is 0 Å². The Hall–Kier alpha value is -1.17. The average Bonchev–Trinajstić information content (AvgIpc) is 2.37. The third-order valence-corrected chi connectivity index (χ3v) is 4.86. The summed E-state index contributed by atoms with van der Waals surface area (Å²) < 4.78 is 50.0. The number of carbonyl (C=O) groups excluding carboxylic acids is 1. The van der Waals surface area contributed by atoms with Gasteiger partial charge in [-0.3, -0.25) is 9.00 Å². The number of rotatable bonds is 2. The first-order valence-corrected chi connectivity index (χ1v) is 7.19. The lowest BCUT2D eigenvalue weighted by Crippen LogP contribution is -2.24. The molecule has 1 fully saturated rings. The third-order valence-electron chi connectivity index (χ3n) is 3.13. The standard InChI is InChI=1S/C13H13F3O2S/c14-13(15,16)9-3-1-5-11(7-9)19(18)12-6-2-4-10(17)8-12/h1,3,5,7,12H,2,4,6,8H2. The predicted octanol–water partition coefficient (Wildman–Crippen LogP) is 3.32. The maximum absolute atomic E-state index is 12.6. The molecular formula is C13H13F3O2S. The molecule has 0 aromatic heterocycles. The maximum atomic E-state index is 12.6. The summed E-state index contributed by atoms with van der Waals surface area (Å²) in [5.41, 5.74) is -0.805. The number of halogens is 3. The second-order valence-corrected chi connectivity index (χ2v) is 6.31. The van der Waals surface area contributed by atoms with Gasteiger partial charge in [-0.05, 0) is 31.0 Å². The molecule has 0 heterocycles. The number of carbonyl (C=O) groups is 1. The number of alkyl halides is 3. The number of benzene rings is 1. The molecule has 1 aromatic rings. The van der Waals surface area contributed by atoms with Crippen molar-refractivity contribution in [2.75, 3.05) is 0 Å². The van der Waals surface area contributed by atoms with Crippen molar-refractivity contribution >= 4 is 16.6 Å². The summed E-state index contributed by atoms with van der Waals surface area (Å²) in [6.45, 7) is 0. The molecule has 104 valence electrons. The van der Waals surface area contributed by atoms with Crippen LogP contribution in [0.3, 0.4) is 0 Å². The largest absolute Gasteiger partial charge is 0.416 e. The third kappa shape index (κ3) is 3.43. The molecular weight excluding hydrogens is 277 g/mol. The molecule has 0 spiro atoms. The Morgan fingerprint density at radius 1 is 1.26 bits per heavy atom. The lowest BCUT2D eigenvalue weighted by Gasteiger charge is -2.20. The van der Waals surface area contributed by atoms with Crippen molar-refractivity contribution in [1.29, 1.82) is 0 Å². The Morgan fingerprint density at radius 2 is 2.00 bits per heavy atom. The highest BCUT2D eigenvalue weighted by Gasteiger charge is 2.32. The van der Waals surface area contributed by atoms with Gasteiger partial charge in [0.15, 0.2) is 0 Å². The Bertz CT molecular complexity index is 511. The van der Waals surface area contributed by atoms with Crippen LogP contribution in [0.15, 0.2) is 29.2 Å². The van der Waals surface area contributed by atoms with Crippen LogP contribution in [0, 0.1) is 0 Å². The molecule has 19 heavy (non-hydrogen) atoms. The first kappa shape index (κ1) is 14.2. The quantitative estimate of drug-likeness (QED) is 0.837. The van der Waals surface area contributed by atoms with Crippen LogP contribution in [0.4, 0.5) is 13.2 Å². The van der Waals surface area contributed by atoms with Crippen LogP contribution >= 0.6 is 0 Å². The van der Waals surface area contributed by atoms with E-state index < -0.39 is 22.5 Å². The molecule has 2 atom stereocenters. The Kier molecular flexibility index (Phi) is 4.08. The van der Waals surface area contributed by atoms with Gasteiger partial charge in [0.05, 0.1) is 16.4 Å². The summed E-state index contributed by atoms with van der Waals surface area (Å²) in [5.74, 6) is 0.0385. The van der Waals surface area contributed by atoms with Gasteiger partial charge in [-0.15, -0.1) is 0 Å². The molecule has 1 aliphatic carbocycles. The molecule has 2 unspecified atom stereocenters. The Morgan fingerprint density at radius 3 is 2.63 bits per heavy atom. The molecule has 2 rings (SSSR count). The van der Waals surface area contributed by atoms with Gasteiger partial charge in [-0.2, -0.15) is 13.2 Å². The van der Waals surface area contributed by atoms with Crippen LogP contribution in [0.1, 0.15) is 31.2 Å². The van der Waals surface area contributed by atoms with Crippen LogP contribution < -0.4 is 0 Å². The minimum Gasteiger partial charge on any atom is -0.300 e. The molecule has 0 radical (unpaired) electrons. The van der Waals surface area contributed by atoms with Crippen molar-refractivity contribution in [2.24, 2.45) is 0 Å². The molecule has 0 N–H and O–H groups in total. The van der Waals surface area contributed by atoms with E-state index in [0.29, 0.717) is 19.3 Å². The van der Waals surface area contributed by atoms with Crippen molar-refractivity contribution in [2.45, 2.75) is 42.0 Å². The first-order valence-electron chi connectivity index (χ1n) is 5.97. The zero-order chi connectivity index (χ0) is 14.0. The van der Waals surface area contributed by atoms with Crippen LogP contribution in [0.25, 0.3) is 0 Å². The first-order chi connectivity index (χ1) is 8.88. The summed E-state index contributed by atoms with van der Waals surface area (Å²) in [4.78, 5) is 11.5. The highest BCUT2D eigenvalue weighted by atomic mass is 32.2. The highest BCUT2D eigenvalue weighted by molar-refractivity contribution is 7.85. The van der Waals surface area contributed by atoms with Gasteiger partial charge in [0.1, 0.15) is 5.78 Å². The van der Waals surface area contributed by atoms with Gasteiger partial charge >= 0.3 is 6.18 Å². The molecule has 1 aliphatic rings. The lowest BCUT2D eigenvalue weighted by molar-refractivity contribution is -0.137. The zero-order valence-electron chi connectivity index (χ0n) is 10.1. The van der Waals surface area contributed by atoms with E-state index in [1.54, 1.807) is 0 Å². The maximum Gasteiger partial charge on any atom is 0.416 e. The van der Waals surface area contributed by atoms with Crippen LogP contribution in [-0.4, -0.2) is 15.2 Å². The van der Waals surface area contributed by atoms with Crippen LogP contribution in [0.2, 0.25) is 0 Å². The van der Waals surface area contributed by atoms with E-state index in [1.807, 2.05) is 0 Å². The van der Waals surface area contributed by atoms with E-state index >= 15 is 0 Å². The topological polar surface area (TPSA) is 34.1 Å². The molecule has 0 amide bonds. The van der Waals surface area contributed by atoms with Crippen LogP contribution in [-0.2, 0) is 21.8 Å². The van der Waals surface area contributed by atoms with Crippen LogP contribution in [0.5, 0.6) is 0 Å². The van der Waals surface area contributed by atoms with Gasteiger partial charge in [-0.1, -0.05) is 6.07 Å². The van der Waals surface area contributed by atoms with Gasteiger partial charge in [0.25, 0.3) is 0 Å². The molecule has 0 bridgehead atoms. The van der Waals surface area contributed by atoms with E-state index in [2.05, 4.69) is 0 Å². The fourth-order valence-corrected chi connectivity index (χ4v) is 3.72. The summed E-state index contributed by atoms with van der Waals surface area (Å²) in [7, 11) is -1.56. The Labute approximate surface area is 111 Å². The highest BCUT2D eigenvalue weighted by Crippen LogP contribution is 2.31. The lowest BCUT2D eigenvalue weighted by atomic mass is 9.99. The molecule has 6 heteroatoms. The number of ketones is 1. The van der Waals surface area contributed by atoms with E-state index in [1.165, 1.54) is 12.1 Å². The van der Waals surface area contributed by atoms with Crippen molar-refractivity contribution in [1.82, 2.24) is 0 Å². The summed E-state index contributed by atoms with van der Waals surface area (Å²) in [6, 6.07) is 4.53. The molecule has 1 aromatic carbocycles. The van der Waals surface area contributed by atoms with Crippen molar-refractivity contribution in [3.8, 4) is 0 Å². The average molecular weight is 290 g/mol. The van der Waals surface area contributed by atoms with E-state index in [4.69, 9.17) is 0 Å². The SMILES string of the molecule is O=C1CCCC(S(=O)c2cccc(C(F)(F)F)c2)C1. The van der Waals surface area contributed by atoms with Gasteiger partial charge in [-0.25, -0.2) is 0 Å². The minimum absolute atomic E-state index is 0.0385. The smallest absolute Gasteiger partial charge is 0.300 e. The fraction of sp³-hybridized carbons (Fsp3) is 0.462. The monoisotopic (exact) mass is 290 g/mol. The van der Waals surface area contributed by atoms with Gasteiger partial charge < -0.3 is 0 Å². The van der Waals surface area contributed by atoms with E-state index in [9.17, 15) is 22.2 Å². The normalized spacial score (nSPS) is 22.3. The second kappa shape index (κ2) is 5.45. The number of hydrogen-bond acceptors (Lipinski definition) is 2. The molecule has 2 nitrogen and oxygen atoms in total. The van der Waals surface area contributed by atoms with Gasteiger partial charge in [0, 0.05) is 23.0 Å². The van der Waals surface area contributed by atoms with E-state index in [0.717, 1.165) is 12.1 Å². The number of hydrogen-bond donors (Lipinski definition) is 0. The second-order valence-electron chi connectivity index (χ2n) is 4.58. The molecule has 1 saturated carbocycles. The van der Waals surface area contributed by atoms with Crippen molar-refractivity contribution in [3.05, 3.63) is 29.8 Å². The molecule has 0 saturated heterocycles. The van der Waals surface area contributed by atoms with Gasteiger partial charge in [0.2, 0.25) is 0 Å². The minimum atomic E-state index is -4.44. The number of Topliss-reactive ketones (excluding diaryl/α,β-unsaturated/α-hetero) is 1. The van der Waals surface area contributed by atoms with Crippen molar-refractivity contribution < 1.29 is 22.2 Å². The summed E-state index contributed by atoms with van der Waals surface area (Å²) in [5, 5.41) is -0.357. The predicted molar refractivity (Wildman–Crippen MR) is 65.1 cm³/mol. The Balaban J connectivity index is 2.22. The van der Waals surface area contributed by atoms with E-state index in [-0.39, 0.29) is 22.3 Å². The zero-order valence-corrected chi connectivity index (χ0v) is 10.9. The summed E-state index contributed by atoms with van der Waals surface area (Å²) in [6.07, 6.45) is -2.48. The molecule has 0 aliphatic heterocycles. The fourth-order valence-electron chi connectivity index (χ4n) is 2.16. The summed E-state index contributed by atoms with van der Waals surface area (Å²) >= 11 is 0.